The first-order valence-corrected chi connectivity index (χ1v) is 8.87. The van der Waals surface area contributed by atoms with Gasteiger partial charge in [-0.1, -0.05) is 60.2 Å². The first-order chi connectivity index (χ1) is 11.6. The summed E-state index contributed by atoms with van der Waals surface area (Å²) in [6.07, 6.45) is 2.60. The minimum atomic E-state index is -0.726. The third-order valence-electron chi connectivity index (χ3n) is 3.61. The SMILES string of the molecule is Cc1ccc(Cc2cnc(NC(=O)[C@H](Cl)c3ccccc3)s2)cc1. The molecule has 1 N–H and O–H groups in total. The number of aryl methyl sites for hydroxylation is 1. The van der Waals surface area contributed by atoms with Crippen molar-refractivity contribution >= 4 is 34.0 Å². The molecule has 3 aromatic rings. The fourth-order valence-electron chi connectivity index (χ4n) is 2.30. The van der Waals surface area contributed by atoms with Crippen LogP contribution in [0, 0.1) is 6.92 Å². The lowest BCUT2D eigenvalue weighted by Gasteiger charge is -2.08. The van der Waals surface area contributed by atoms with Gasteiger partial charge in [0, 0.05) is 17.5 Å². The Balaban J connectivity index is 1.63. The molecule has 3 rings (SSSR count). The van der Waals surface area contributed by atoms with Crippen LogP contribution in [0.25, 0.3) is 0 Å². The Morgan fingerprint density at radius 1 is 1.17 bits per heavy atom. The van der Waals surface area contributed by atoms with Gasteiger partial charge in [0.05, 0.1) is 0 Å². The Morgan fingerprint density at radius 3 is 2.58 bits per heavy atom. The van der Waals surface area contributed by atoms with E-state index >= 15 is 0 Å². The summed E-state index contributed by atoms with van der Waals surface area (Å²) in [5.41, 5.74) is 3.24. The van der Waals surface area contributed by atoms with Crippen LogP contribution in [0.5, 0.6) is 0 Å². The molecule has 0 unspecified atom stereocenters. The molecule has 0 spiro atoms. The second kappa shape index (κ2) is 7.60. The number of benzene rings is 2. The van der Waals surface area contributed by atoms with Gasteiger partial charge < -0.3 is 5.32 Å². The zero-order valence-electron chi connectivity index (χ0n) is 13.2. The predicted octanol–water partition coefficient (Wildman–Crippen LogP) is 4.96. The average molecular weight is 357 g/mol. The van der Waals surface area contributed by atoms with E-state index in [1.165, 1.54) is 22.5 Å². The van der Waals surface area contributed by atoms with Crippen LogP contribution in [0.1, 0.15) is 26.9 Å². The van der Waals surface area contributed by atoms with Crippen molar-refractivity contribution in [2.75, 3.05) is 5.32 Å². The zero-order chi connectivity index (χ0) is 16.9. The van der Waals surface area contributed by atoms with E-state index in [1.807, 2.05) is 30.3 Å². The Labute approximate surface area is 150 Å². The number of amides is 1. The van der Waals surface area contributed by atoms with Crippen LogP contribution < -0.4 is 5.32 Å². The summed E-state index contributed by atoms with van der Waals surface area (Å²) in [6, 6.07) is 17.7. The molecule has 0 radical (unpaired) electrons. The number of nitrogens with zero attached hydrogens (tertiary/aromatic N) is 1. The Hall–Kier alpha value is -2.17. The number of hydrogen-bond donors (Lipinski definition) is 1. The van der Waals surface area contributed by atoms with E-state index in [0.717, 1.165) is 16.9 Å². The molecule has 2 aromatic carbocycles. The zero-order valence-corrected chi connectivity index (χ0v) is 14.8. The topological polar surface area (TPSA) is 42.0 Å². The number of halogens is 1. The molecule has 0 aliphatic heterocycles. The Kier molecular flexibility index (Phi) is 5.28. The van der Waals surface area contributed by atoms with E-state index in [2.05, 4.69) is 41.5 Å². The lowest BCUT2D eigenvalue weighted by molar-refractivity contribution is -0.116. The second-order valence-electron chi connectivity index (χ2n) is 5.56. The monoisotopic (exact) mass is 356 g/mol. The summed E-state index contributed by atoms with van der Waals surface area (Å²) in [5.74, 6) is -0.265. The van der Waals surface area contributed by atoms with E-state index in [4.69, 9.17) is 11.6 Å². The molecule has 0 aliphatic rings. The lowest BCUT2D eigenvalue weighted by atomic mass is 10.1. The predicted molar refractivity (Wildman–Crippen MR) is 99.8 cm³/mol. The van der Waals surface area contributed by atoms with Crippen molar-refractivity contribution in [2.45, 2.75) is 18.7 Å². The standard InChI is InChI=1S/C19H17ClN2OS/c1-13-7-9-14(10-8-13)11-16-12-21-19(24-16)22-18(23)17(20)15-5-3-2-4-6-15/h2-10,12,17H,11H2,1H3,(H,21,22,23)/t17-/m1/s1. The minimum Gasteiger partial charge on any atom is -0.300 e. The summed E-state index contributed by atoms with van der Waals surface area (Å²) in [7, 11) is 0. The van der Waals surface area contributed by atoms with E-state index in [-0.39, 0.29) is 5.91 Å². The van der Waals surface area contributed by atoms with E-state index in [1.54, 1.807) is 6.20 Å². The van der Waals surface area contributed by atoms with Crippen LogP contribution in [-0.4, -0.2) is 10.9 Å². The van der Waals surface area contributed by atoms with Crippen molar-refractivity contribution in [1.29, 1.82) is 0 Å². The van der Waals surface area contributed by atoms with Crippen LogP contribution >= 0.6 is 22.9 Å². The van der Waals surface area contributed by atoms with Crippen LogP contribution in [-0.2, 0) is 11.2 Å². The molecule has 0 aliphatic carbocycles. The van der Waals surface area contributed by atoms with Crippen LogP contribution in [0.4, 0.5) is 5.13 Å². The number of anilines is 1. The number of carbonyl (C=O) groups excluding carboxylic acids is 1. The second-order valence-corrected chi connectivity index (χ2v) is 7.11. The highest BCUT2D eigenvalue weighted by atomic mass is 35.5. The van der Waals surface area contributed by atoms with Gasteiger partial charge >= 0.3 is 0 Å². The largest absolute Gasteiger partial charge is 0.300 e. The van der Waals surface area contributed by atoms with Gasteiger partial charge in [0.1, 0.15) is 5.38 Å². The number of nitrogens with one attached hydrogen (secondary N) is 1. The molecular formula is C19H17ClN2OS. The molecule has 0 saturated carbocycles. The summed E-state index contributed by atoms with van der Waals surface area (Å²) < 4.78 is 0. The van der Waals surface area contributed by atoms with Crippen molar-refractivity contribution < 1.29 is 4.79 Å². The van der Waals surface area contributed by atoms with Crippen molar-refractivity contribution in [3.63, 3.8) is 0 Å². The fourth-order valence-corrected chi connectivity index (χ4v) is 3.35. The van der Waals surface area contributed by atoms with Gasteiger partial charge in [0.25, 0.3) is 0 Å². The molecule has 0 fully saturated rings. The number of thiazole rings is 1. The van der Waals surface area contributed by atoms with Crippen molar-refractivity contribution in [3.05, 3.63) is 82.4 Å². The molecule has 1 heterocycles. The highest BCUT2D eigenvalue weighted by molar-refractivity contribution is 7.15. The van der Waals surface area contributed by atoms with Crippen LogP contribution in [0.3, 0.4) is 0 Å². The van der Waals surface area contributed by atoms with Gasteiger partial charge in [-0.05, 0) is 18.1 Å². The molecule has 122 valence electrons. The molecule has 1 atom stereocenters. The smallest absolute Gasteiger partial charge is 0.248 e. The summed E-state index contributed by atoms with van der Waals surface area (Å²) in [6.45, 7) is 2.07. The number of aromatic nitrogens is 1. The van der Waals surface area contributed by atoms with Crippen molar-refractivity contribution in [2.24, 2.45) is 0 Å². The highest BCUT2D eigenvalue weighted by Crippen LogP contribution is 2.25. The molecule has 1 amide bonds. The van der Waals surface area contributed by atoms with E-state index in [0.29, 0.717) is 5.13 Å². The van der Waals surface area contributed by atoms with Crippen LogP contribution in [0.15, 0.2) is 60.8 Å². The Morgan fingerprint density at radius 2 is 1.88 bits per heavy atom. The fraction of sp³-hybridized carbons (Fsp3) is 0.158. The van der Waals surface area contributed by atoms with Crippen molar-refractivity contribution in [3.8, 4) is 0 Å². The van der Waals surface area contributed by atoms with Gasteiger partial charge in [0.2, 0.25) is 5.91 Å². The summed E-state index contributed by atoms with van der Waals surface area (Å²) >= 11 is 7.69. The molecule has 5 heteroatoms. The lowest BCUT2D eigenvalue weighted by Crippen LogP contribution is -2.17. The molecular weight excluding hydrogens is 340 g/mol. The van der Waals surface area contributed by atoms with Crippen molar-refractivity contribution in [1.82, 2.24) is 4.98 Å². The van der Waals surface area contributed by atoms with Gasteiger partial charge in [0.15, 0.2) is 5.13 Å². The third kappa shape index (κ3) is 4.22. The Bertz CT molecular complexity index is 815. The molecule has 0 bridgehead atoms. The number of rotatable bonds is 5. The number of hydrogen-bond acceptors (Lipinski definition) is 3. The van der Waals surface area contributed by atoms with Crippen LogP contribution in [0.2, 0.25) is 0 Å². The van der Waals surface area contributed by atoms with Gasteiger partial charge in [-0.3, -0.25) is 4.79 Å². The maximum Gasteiger partial charge on any atom is 0.248 e. The molecule has 3 nitrogen and oxygen atoms in total. The van der Waals surface area contributed by atoms with Gasteiger partial charge in [-0.25, -0.2) is 4.98 Å². The number of alkyl halides is 1. The van der Waals surface area contributed by atoms with E-state index < -0.39 is 5.38 Å². The quantitative estimate of drug-likeness (QED) is 0.656. The third-order valence-corrected chi connectivity index (χ3v) is 4.97. The normalized spacial score (nSPS) is 11.9. The maximum atomic E-state index is 12.2. The molecule has 1 aromatic heterocycles. The summed E-state index contributed by atoms with van der Waals surface area (Å²) in [5, 5.41) is 2.64. The number of carbonyl (C=O) groups is 1. The van der Waals surface area contributed by atoms with E-state index in [9.17, 15) is 4.79 Å². The molecule has 24 heavy (non-hydrogen) atoms. The summed E-state index contributed by atoms with van der Waals surface area (Å²) in [4.78, 5) is 17.6. The van der Waals surface area contributed by atoms with Gasteiger partial charge in [-0.2, -0.15) is 0 Å². The minimum absolute atomic E-state index is 0.265. The highest BCUT2D eigenvalue weighted by Gasteiger charge is 2.18. The maximum absolute atomic E-state index is 12.2. The average Bonchev–Trinajstić information content (AvgIpc) is 3.04. The first kappa shape index (κ1) is 16.7. The first-order valence-electron chi connectivity index (χ1n) is 7.62. The molecule has 0 saturated heterocycles. The van der Waals surface area contributed by atoms with Gasteiger partial charge in [-0.15, -0.1) is 22.9 Å².